The number of rotatable bonds is 6. The molecular formula is C16H18N4O2S2. The lowest BCUT2D eigenvalue weighted by Gasteiger charge is -2.08. The molecule has 0 bridgehead atoms. The van der Waals surface area contributed by atoms with Crippen LogP contribution in [0.5, 0.6) is 0 Å². The first-order valence-electron chi connectivity index (χ1n) is 7.85. The van der Waals surface area contributed by atoms with Gasteiger partial charge in [0.1, 0.15) is 9.84 Å². The van der Waals surface area contributed by atoms with E-state index in [2.05, 4.69) is 25.8 Å². The Bertz CT molecular complexity index is 987. The number of aromatic nitrogens is 4. The maximum Gasteiger partial charge on any atom is 0.191 e. The van der Waals surface area contributed by atoms with Crippen LogP contribution in [0, 0.1) is 0 Å². The van der Waals surface area contributed by atoms with Crippen molar-refractivity contribution in [3.05, 3.63) is 30.5 Å². The summed E-state index contributed by atoms with van der Waals surface area (Å²) < 4.78 is 24.8. The van der Waals surface area contributed by atoms with Crippen LogP contribution < -0.4 is 0 Å². The molecule has 1 aliphatic rings. The van der Waals surface area contributed by atoms with Crippen molar-refractivity contribution in [1.29, 1.82) is 0 Å². The van der Waals surface area contributed by atoms with Gasteiger partial charge in [-0.2, -0.15) is 0 Å². The van der Waals surface area contributed by atoms with E-state index >= 15 is 0 Å². The van der Waals surface area contributed by atoms with Crippen LogP contribution in [0.4, 0.5) is 0 Å². The predicted molar refractivity (Wildman–Crippen MR) is 96.0 cm³/mol. The van der Waals surface area contributed by atoms with Gasteiger partial charge in [0, 0.05) is 40.7 Å². The number of nitrogens with zero attached hydrogens (tertiary/aromatic N) is 3. The Morgan fingerprint density at radius 1 is 1.29 bits per heavy atom. The number of fused-ring (bicyclic) bond motifs is 1. The number of benzene rings is 1. The van der Waals surface area contributed by atoms with Gasteiger partial charge in [-0.1, -0.05) is 30.0 Å². The third kappa shape index (κ3) is 3.08. The van der Waals surface area contributed by atoms with E-state index in [0.717, 1.165) is 40.3 Å². The number of nitrogens with one attached hydrogen (secondary N) is 1. The fourth-order valence-electron chi connectivity index (χ4n) is 2.76. The van der Waals surface area contributed by atoms with Crippen LogP contribution in [-0.4, -0.2) is 45.9 Å². The van der Waals surface area contributed by atoms with E-state index in [1.807, 2.05) is 24.4 Å². The molecule has 1 saturated carbocycles. The summed E-state index contributed by atoms with van der Waals surface area (Å²) in [5.74, 6) is 1.51. The van der Waals surface area contributed by atoms with Crippen molar-refractivity contribution in [2.24, 2.45) is 0 Å². The van der Waals surface area contributed by atoms with E-state index in [4.69, 9.17) is 0 Å². The Balaban J connectivity index is 1.69. The van der Waals surface area contributed by atoms with Gasteiger partial charge >= 0.3 is 0 Å². The summed E-state index contributed by atoms with van der Waals surface area (Å²) >= 11 is 1.47. The van der Waals surface area contributed by atoms with Crippen LogP contribution >= 0.6 is 11.8 Å². The summed E-state index contributed by atoms with van der Waals surface area (Å²) in [5.41, 5.74) is 2.11. The summed E-state index contributed by atoms with van der Waals surface area (Å²) in [6.07, 6.45) is 5.47. The zero-order chi connectivity index (χ0) is 16.7. The highest BCUT2D eigenvalue weighted by Crippen LogP contribution is 2.42. The molecule has 24 heavy (non-hydrogen) atoms. The molecule has 0 spiro atoms. The van der Waals surface area contributed by atoms with Gasteiger partial charge in [0.25, 0.3) is 0 Å². The summed E-state index contributed by atoms with van der Waals surface area (Å²) in [7, 11) is -2.96. The van der Waals surface area contributed by atoms with E-state index in [0.29, 0.717) is 11.8 Å². The van der Waals surface area contributed by atoms with Crippen LogP contribution in [0.25, 0.3) is 22.3 Å². The molecule has 4 rings (SSSR count). The largest absolute Gasteiger partial charge is 0.360 e. The molecule has 0 radical (unpaired) electrons. The highest BCUT2D eigenvalue weighted by molar-refractivity contribution is 8.00. The SMILES string of the molecule is CS(=O)(=O)CCSc1nnc(-c2c[nH]c3ccccc23)n1C1CC1. The molecule has 1 N–H and O–H groups in total. The van der Waals surface area contributed by atoms with Gasteiger partial charge in [-0.15, -0.1) is 10.2 Å². The van der Waals surface area contributed by atoms with Crippen molar-refractivity contribution in [1.82, 2.24) is 19.7 Å². The number of para-hydroxylation sites is 1. The van der Waals surface area contributed by atoms with Crippen molar-refractivity contribution in [3.8, 4) is 11.4 Å². The van der Waals surface area contributed by atoms with Crippen LogP contribution in [-0.2, 0) is 9.84 Å². The zero-order valence-electron chi connectivity index (χ0n) is 13.3. The Kier molecular flexibility index (Phi) is 3.88. The smallest absolute Gasteiger partial charge is 0.191 e. The maximum absolute atomic E-state index is 11.3. The molecule has 8 heteroatoms. The molecule has 2 heterocycles. The monoisotopic (exact) mass is 362 g/mol. The molecule has 6 nitrogen and oxygen atoms in total. The maximum atomic E-state index is 11.3. The van der Waals surface area contributed by atoms with Crippen molar-refractivity contribution in [3.63, 3.8) is 0 Å². The van der Waals surface area contributed by atoms with E-state index < -0.39 is 9.84 Å². The third-order valence-electron chi connectivity index (χ3n) is 4.09. The number of sulfone groups is 1. The minimum Gasteiger partial charge on any atom is -0.360 e. The molecule has 0 atom stereocenters. The summed E-state index contributed by atoms with van der Waals surface area (Å²) in [6, 6.07) is 8.55. The van der Waals surface area contributed by atoms with E-state index in [9.17, 15) is 8.42 Å². The van der Waals surface area contributed by atoms with Crippen molar-refractivity contribution in [2.45, 2.75) is 24.0 Å². The second-order valence-electron chi connectivity index (χ2n) is 6.13. The van der Waals surface area contributed by atoms with Crippen LogP contribution in [0.15, 0.2) is 35.6 Å². The molecule has 0 saturated heterocycles. The number of H-pyrrole nitrogens is 1. The molecule has 1 aromatic carbocycles. The summed E-state index contributed by atoms with van der Waals surface area (Å²) in [6.45, 7) is 0. The number of hydrogen-bond donors (Lipinski definition) is 1. The van der Waals surface area contributed by atoms with Gasteiger partial charge < -0.3 is 4.98 Å². The molecular weight excluding hydrogens is 344 g/mol. The Hall–Kier alpha value is -1.80. The molecule has 3 aromatic rings. The average molecular weight is 362 g/mol. The normalized spacial score (nSPS) is 15.2. The first-order valence-corrected chi connectivity index (χ1v) is 10.9. The van der Waals surface area contributed by atoms with E-state index in [1.54, 1.807) is 0 Å². The minimum absolute atomic E-state index is 0.150. The van der Waals surface area contributed by atoms with Gasteiger partial charge in [-0.05, 0) is 18.9 Å². The van der Waals surface area contributed by atoms with Gasteiger partial charge in [0.15, 0.2) is 11.0 Å². The third-order valence-corrected chi connectivity index (χ3v) is 6.24. The van der Waals surface area contributed by atoms with Crippen molar-refractivity contribution in [2.75, 3.05) is 17.8 Å². The van der Waals surface area contributed by atoms with Crippen LogP contribution in [0.3, 0.4) is 0 Å². The van der Waals surface area contributed by atoms with Crippen LogP contribution in [0.2, 0.25) is 0 Å². The topological polar surface area (TPSA) is 80.6 Å². The Morgan fingerprint density at radius 2 is 2.08 bits per heavy atom. The number of thioether (sulfide) groups is 1. The lowest BCUT2D eigenvalue weighted by atomic mass is 10.1. The number of hydrogen-bond acceptors (Lipinski definition) is 5. The highest BCUT2D eigenvalue weighted by atomic mass is 32.2. The molecule has 1 fully saturated rings. The average Bonchev–Trinajstić information content (AvgIpc) is 3.15. The lowest BCUT2D eigenvalue weighted by Crippen LogP contribution is -2.06. The highest BCUT2D eigenvalue weighted by Gasteiger charge is 2.30. The summed E-state index contributed by atoms with van der Waals surface area (Å²) in [4.78, 5) is 3.28. The fraction of sp³-hybridized carbons (Fsp3) is 0.375. The Labute approximate surface area is 144 Å². The molecule has 0 amide bonds. The standard InChI is InChI=1S/C16H18N4O2S2/c1-24(21,22)9-8-23-16-19-18-15(20(16)11-6-7-11)13-10-17-14-5-3-2-4-12(13)14/h2-5,10-11,17H,6-9H2,1H3. The van der Waals surface area contributed by atoms with Gasteiger partial charge in [-0.3, -0.25) is 4.57 Å². The second kappa shape index (κ2) is 5.93. The molecule has 1 aliphatic carbocycles. The first-order chi connectivity index (χ1) is 11.5. The zero-order valence-corrected chi connectivity index (χ0v) is 14.9. The van der Waals surface area contributed by atoms with Gasteiger partial charge in [0.05, 0.1) is 5.75 Å². The Morgan fingerprint density at radius 3 is 2.83 bits per heavy atom. The van der Waals surface area contributed by atoms with E-state index in [-0.39, 0.29) is 5.75 Å². The minimum atomic E-state index is -2.96. The number of aromatic amines is 1. The fourth-order valence-corrected chi connectivity index (χ4v) is 4.96. The molecule has 2 aromatic heterocycles. The van der Waals surface area contributed by atoms with Gasteiger partial charge in [-0.25, -0.2) is 8.42 Å². The predicted octanol–water partition coefficient (Wildman–Crippen LogP) is 2.90. The molecule has 126 valence electrons. The lowest BCUT2D eigenvalue weighted by molar-refractivity contribution is 0.603. The first kappa shape index (κ1) is 15.7. The molecule has 0 aliphatic heterocycles. The molecule has 0 unspecified atom stereocenters. The van der Waals surface area contributed by atoms with Crippen molar-refractivity contribution < 1.29 is 8.42 Å². The van der Waals surface area contributed by atoms with Gasteiger partial charge in [0.2, 0.25) is 0 Å². The van der Waals surface area contributed by atoms with Crippen molar-refractivity contribution >= 4 is 32.5 Å². The van der Waals surface area contributed by atoms with E-state index in [1.165, 1.54) is 18.0 Å². The quantitative estimate of drug-likeness (QED) is 0.682. The van der Waals surface area contributed by atoms with Crippen LogP contribution in [0.1, 0.15) is 18.9 Å². The summed E-state index contributed by atoms with van der Waals surface area (Å²) in [5, 5.41) is 10.7. The second-order valence-corrected chi connectivity index (χ2v) is 9.46.